The Morgan fingerprint density at radius 3 is 2.68 bits per heavy atom. The highest BCUT2D eigenvalue weighted by Gasteiger charge is 2.14. The fraction of sp³-hybridized carbons (Fsp3) is 0.421. The van der Waals surface area contributed by atoms with Crippen LogP contribution in [0.5, 0.6) is 5.75 Å². The molecule has 2 aromatic rings. The molecule has 1 saturated carbocycles. The van der Waals surface area contributed by atoms with Gasteiger partial charge in [-0.05, 0) is 30.2 Å². The number of amides is 1. The Labute approximate surface area is 131 Å². The molecule has 0 aliphatic heterocycles. The fourth-order valence-electron chi connectivity index (χ4n) is 3.17. The molecule has 22 heavy (non-hydrogen) atoms. The third-order valence-electron chi connectivity index (χ3n) is 4.42. The Hall–Kier alpha value is -2.03. The van der Waals surface area contributed by atoms with Crippen LogP contribution in [-0.4, -0.2) is 19.1 Å². The number of nitrogens with one attached hydrogen (secondary N) is 1. The first kappa shape index (κ1) is 14.9. The Morgan fingerprint density at radius 1 is 1.05 bits per heavy atom. The van der Waals surface area contributed by atoms with Gasteiger partial charge in [-0.3, -0.25) is 4.79 Å². The van der Waals surface area contributed by atoms with Crippen LogP contribution in [0.4, 0.5) is 0 Å². The number of ether oxygens (including phenoxy) is 1. The van der Waals surface area contributed by atoms with Crippen LogP contribution >= 0.6 is 0 Å². The van der Waals surface area contributed by atoms with Gasteiger partial charge in [0, 0.05) is 11.9 Å². The zero-order valence-corrected chi connectivity index (χ0v) is 12.9. The first-order valence-electron chi connectivity index (χ1n) is 8.20. The number of carbonyl (C=O) groups excluding carboxylic acids is 1. The van der Waals surface area contributed by atoms with E-state index in [-0.39, 0.29) is 12.5 Å². The highest BCUT2D eigenvalue weighted by atomic mass is 16.5. The largest absolute Gasteiger partial charge is 0.483 e. The molecule has 3 heteroatoms. The van der Waals surface area contributed by atoms with E-state index in [1.807, 2.05) is 42.5 Å². The Balaban J connectivity index is 1.51. The lowest BCUT2D eigenvalue weighted by molar-refractivity contribution is -0.123. The summed E-state index contributed by atoms with van der Waals surface area (Å²) in [7, 11) is 0. The quantitative estimate of drug-likeness (QED) is 0.908. The second-order valence-corrected chi connectivity index (χ2v) is 6.07. The second-order valence-electron chi connectivity index (χ2n) is 6.07. The summed E-state index contributed by atoms with van der Waals surface area (Å²) < 4.78 is 5.71. The van der Waals surface area contributed by atoms with Gasteiger partial charge in [0.25, 0.3) is 5.91 Å². The molecule has 0 unspecified atom stereocenters. The van der Waals surface area contributed by atoms with E-state index in [9.17, 15) is 4.79 Å². The molecule has 0 atom stereocenters. The molecule has 0 bridgehead atoms. The van der Waals surface area contributed by atoms with E-state index in [4.69, 9.17) is 4.74 Å². The van der Waals surface area contributed by atoms with Gasteiger partial charge in [0.05, 0.1) is 0 Å². The maximum atomic E-state index is 12.0. The van der Waals surface area contributed by atoms with Gasteiger partial charge in [0.1, 0.15) is 5.75 Å². The molecule has 1 N–H and O–H groups in total. The molecule has 116 valence electrons. The average molecular weight is 297 g/mol. The maximum absolute atomic E-state index is 12.0. The molecule has 1 aliphatic rings. The van der Waals surface area contributed by atoms with Gasteiger partial charge in [-0.25, -0.2) is 0 Å². The topological polar surface area (TPSA) is 38.3 Å². The first-order valence-corrected chi connectivity index (χ1v) is 8.20. The van der Waals surface area contributed by atoms with Crippen LogP contribution in [0.1, 0.15) is 32.1 Å². The van der Waals surface area contributed by atoms with E-state index in [0.717, 1.165) is 23.1 Å². The van der Waals surface area contributed by atoms with Crippen molar-refractivity contribution in [3.63, 3.8) is 0 Å². The average Bonchev–Trinajstić information content (AvgIpc) is 2.59. The first-order chi connectivity index (χ1) is 10.8. The highest BCUT2D eigenvalue weighted by Crippen LogP contribution is 2.25. The maximum Gasteiger partial charge on any atom is 0.257 e. The predicted molar refractivity (Wildman–Crippen MR) is 89.0 cm³/mol. The van der Waals surface area contributed by atoms with Gasteiger partial charge in [-0.2, -0.15) is 0 Å². The van der Waals surface area contributed by atoms with E-state index < -0.39 is 0 Å². The molecule has 0 saturated heterocycles. The van der Waals surface area contributed by atoms with Gasteiger partial charge >= 0.3 is 0 Å². The zero-order chi connectivity index (χ0) is 15.2. The summed E-state index contributed by atoms with van der Waals surface area (Å²) in [5, 5.41) is 5.18. The predicted octanol–water partition coefficient (Wildman–Crippen LogP) is 3.92. The molecular weight excluding hydrogens is 274 g/mol. The monoisotopic (exact) mass is 297 g/mol. The number of benzene rings is 2. The van der Waals surface area contributed by atoms with Gasteiger partial charge in [0.15, 0.2) is 6.61 Å². The Kier molecular flexibility index (Phi) is 4.94. The van der Waals surface area contributed by atoms with E-state index in [1.54, 1.807) is 0 Å². The van der Waals surface area contributed by atoms with Crippen molar-refractivity contribution in [2.24, 2.45) is 5.92 Å². The van der Waals surface area contributed by atoms with Gasteiger partial charge in [0.2, 0.25) is 0 Å². The van der Waals surface area contributed by atoms with Crippen LogP contribution in [0.2, 0.25) is 0 Å². The van der Waals surface area contributed by atoms with Crippen molar-refractivity contribution in [1.29, 1.82) is 0 Å². The Morgan fingerprint density at radius 2 is 1.82 bits per heavy atom. The van der Waals surface area contributed by atoms with Crippen molar-refractivity contribution >= 4 is 16.7 Å². The van der Waals surface area contributed by atoms with Gasteiger partial charge in [-0.15, -0.1) is 0 Å². The van der Waals surface area contributed by atoms with E-state index in [0.29, 0.717) is 5.92 Å². The molecule has 0 radical (unpaired) electrons. The summed E-state index contributed by atoms with van der Waals surface area (Å²) in [6.45, 7) is 0.873. The molecule has 3 nitrogen and oxygen atoms in total. The number of carbonyl (C=O) groups is 1. The molecule has 1 aliphatic carbocycles. The molecule has 1 fully saturated rings. The van der Waals surface area contributed by atoms with Crippen LogP contribution in [-0.2, 0) is 4.79 Å². The summed E-state index contributed by atoms with van der Waals surface area (Å²) in [6, 6.07) is 14.0. The number of fused-ring (bicyclic) bond motifs is 1. The highest BCUT2D eigenvalue weighted by molar-refractivity contribution is 5.88. The Bertz CT molecular complexity index is 627. The van der Waals surface area contributed by atoms with Gasteiger partial charge < -0.3 is 10.1 Å². The smallest absolute Gasteiger partial charge is 0.257 e. The second kappa shape index (κ2) is 7.30. The molecule has 1 amide bonds. The lowest BCUT2D eigenvalue weighted by Crippen LogP contribution is -2.33. The van der Waals surface area contributed by atoms with Crippen molar-refractivity contribution in [1.82, 2.24) is 5.32 Å². The van der Waals surface area contributed by atoms with Crippen LogP contribution in [0, 0.1) is 5.92 Å². The standard InChI is InChI=1S/C19H23NO2/c21-19(20-13-15-7-2-1-3-8-15)14-22-18-12-6-10-16-9-4-5-11-17(16)18/h4-6,9-12,15H,1-3,7-8,13-14H2,(H,20,21). The minimum absolute atomic E-state index is 0.0292. The van der Waals surface area contributed by atoms with Crippen LogP contribution in [0.25, 0.3) is 10.8 Å². The van der Waals surface area contributed by atoms with Crippen LogP contribution in [0.15, 0.2) is 42.5 Å². The minimum Gasteiger partial charge on any atom is -0.483 e. The van der Waals surface area contributed by atoms with Crippen LogP contribution < -0.4 is 10.1 Å². The van der Waals surface area contributed by atoms with Crippen molar-refractivity contribution in [3.05, 3.63) is 42.5 Å². The van der Waals surface area contributed by atoms with Crippen molar-refractivity contribution < 1.29 is 9.53 Å². The third kappa shape index (κ3) is 3.79. The van der Waals surface area contributed by atoms with Crippen molar-refractivity contribution in [2.45, 2.75) is 32.1 Å². The summed E-state index contributed by atoms with van der Waals surface area (Å²) in [6.07, 6.45) is 6.42. The van der Waals surface area contributed by atoms with Crippen molar-refractivity contribution in [3.8, 4) is 5.75 Å². The molecule has 0 aromatic heterocycles. The molecule has 3 rings (SSSR count). The summed E-state index contributed by atoms with van der Waals surface area (Å²) in [4.78, 5) is 12.0. The molecular formula is C19H23NO2. The number of hydrogen-bond donors (Lipinski definition) is 1. The summed E-state index contributed by atoms with van der Waals surface area (Å²) in [5.74, 6) is 1.39. The lowest BCUT2D eigenvalue weighted by Gasteiger charge is -2.21. The van der Waals surface area contributed by atoms with E-state index in [2.05, 4.69) is 5.32 Å². The zero-order valence-electron chi connectivity index (χ0n) is 12.9. The van der Waals surface area contributed by atoms with Crippen LogP contribution in [0.3, 0.4) is 0 Å². The minimum atomic E-state index is -0.0292. The number of hydrogen-bond acceptors (Lipinski definition) is 2. The van der Waals surface area contributed by atoms with Crippen molar-refractivity contribution in [2.75, 3.05) is 13.2 Å². The molecule has 2 aromatic carbocycles. The fourth-order valence-corrected chi connectivity index (χ4v) is 3.17. The normalized spacial score (nSPS) is 15.6. The van der Waals surface area contributed by atoms with Gasteiger partial charge in [-0.1, -0.05) is 55.7 Å². The summed E-state index contributed by atoms with van der Waals surface area (Å²) in [5.41, 5.74) is 0. The van der Waals surface area contributed by atoms with E-state index >= 15 is 0 Å². The lowest BCUT2D eigenvalue weighted by atomic mass is 9.89. The SMILES string of the molecule is O=C(COc1cccc2ccccc12)NCC1CCCCC1. The molecule has 0 heterocycles. The molecule has 0 spiro atoms. The number of rotatable bonds is 5. The van der Waals surface area contributed by atoms with E-state index in [1.165, 1.54) is 32.1 Å². The summed E-state index contributed by atoms with van der Waals surface area (Å²) >= 11 is 0. The third-order valence-corrected chi connectivity index (χ3v) is 4.42.